The van der Waals surface area contributed by atoms with E-state index in [0.29, 0.717) is 0 Å². The number of benzene rings is 11. The number of fused-ring (bicyclic) bond motifs is 13. The van der Waals surface area contributed by atoms with Gasteiger partial charge in [0.15, 0.2) is 0 Å². The molecule has 0 aliphatic heterocycles. The van der Waals surface area contributed by atoms with Crippen LogP contribution in [0.2, 0.25) is 0 Å². The molecular weight excluding hydrogens is 869 g/mol. The standard InChI is InChI=1S/C70H50N2/c1-69(2)61-34-15-12-31-56(61)58-41-40-55(45-65(58)69)72(53-30-19-26-50(44-53)48-23-8-4-9-24-48)67-38-20-37-64-68(67)60-33-14-17-36-63(60)70(64)62-35-16-13-32-57(62)59-42-39-54(46-66(59)70)71(51-27-10-5-11-28-51)52-29-18-25-49(43-52)47-21-6-3-7-22-47/h3-46H,1-2H3. The first-order chi connectivity index (χ1) is 35.5. The van der Waals surface area contributed by atoms with E-state index in [-0.39, 0.29) is 5.41 Å². The number of nitrogens with zero attached hydrogens (tertiary/aromatic N) is 2. The lowest BCUT2D eigenvalue weighted by molar-refractivity contribution is 0.660. The molecule has 0 saturated heterocycles. The topological polar surface area (TPSA) is 6.48 Å². The Balaban J connectivity index is 1.01. The van der Waals surface area contributed by atoms with Gasteiger partial charge >= 0.3 is 0 Å². The Morgan fingerprint density at radius 3 is 1.29 bits per heavy atom. The summed E-state index contributed by atoms with van der Waals surface area (Å²) in [5.41, 5.74) is 26.3. The molecule has 14 rings (SSSR count). The summed E-state index contributed by atoms with van der Waals surface area (Å²) >= 11 is 0. The summed E-state index contributed by atoms with van der Waals surface area (Å²) in [5, 5.41) is 0. The van der Waals surface area contributed by atoms with E-state index in [2.05, 4.69) is 291 Å². The van der Waals surface area contributed by atoms with Crippen molar-refractivity contribution >= 4 is 34.1 Å². The minimum Gasteiger partial charge on any atom is -0.310 e. The summed E-state index contributed by atoms with van der Waals surface area (Å²) in [5.74, 6) is 0. The van der Waals surface area contributed by atoms with Crippen LogP contribution in [0.4, 0.5) is 34.1 Å². The Kier molecular flexibility index (Phi) is 9.50. The Labute approximate surface area is 422 Å². The first-order valence-electron chi connectivity index (χ1n) is 25.2. The van der Waals surface area contributed by atoms with Crippen molar-refractivity contribution in [2.75, 3.05) is 9.80 Å². The highest BCUT2D eigenvalue weighted by Gasteiger charge is 2.53. The van der Waals surface area contributed by atoms with E-state index >= 15 is 0 Å². The van der Waals surface area contributed by atoms with E-state index in [4.69, 9.17) is 0 Å². The summed E-state index contributed by atoms with van der Waals surface area (Å²) in [7, 11) is 0. The van der Waals surface area contributed by atoms with Crippen molar-refractivity contribution in [2.24, 2.45) is 0 Å². The third kappa shape index (κ3) is 6.22. The first-order valence-corrected chi connectivity index (χ1v) is 25.2. The highest BCUT2D eigenvalue weighted by Crippen LogP contribution is 2.65. The Hall–Kier alpha value is -8.98. The smallest absolute Gasteiger partial charge is 0.0727 e. The molecule has 2 heteroatoms. The normalized spacial score (nSPS) is 15.0. The quantitative estimate of drug-likeness (QED) is 0.150. The van der Waals surface area contributed by atoms with Crippen LogP contribution in [0.1, 0.15) is 47.2 Å². The van der Waals surface area contributed by atoms with Gasteiger partial charge in [0.05, 0.1) is 11.1 Å². The number of rotatable bonds is 8. The molecule has 3 aliphatic carbocycles. The highest BCUT2D eigenvalue weighted by atomic mass is 15.2. The molecule has 1 atom stereocenters. The van der Waals surface area contributed by atoms with Gasteiger partial charge in [-0.1, -0.05) is 214 Å². The van der Waals surface area contributed by atoms with Crippen LogP contribution in [0.15, 0.2) is 267 Å². The van der Waals surface area contributed by atoms with Gasteiger partial charge in [0, 0.05) is 39.4 Å². The van der Waals surface area contributed by atoms with Crippen molar-refractivity contribution in [3.63, 3.8) is 0 Å². The molecule has 340 valence electrons. The SMILES string of the molecule is CC1(C)c2ccccc2-c2ccc(N(c3cccc(-c4ccccc4)c3)c3cccc4c3-c3ccccc3C43c4ccccc4-c4ccc(N(c5ccccc5)c5cccc(-c6ccccc6)c5)cc43)cc21. The van der Waals surface area contributed by atoms with E-state index < -0.39 is 5.41 Å². The van der Waals surface area contributed by atoms with Gasteiger partial charge in [-0.3, -0.25) is 0 Å². The monoisotopic (exact) mass is 918 g/mol. The van der Waals surface area contributed by atoms with Crippen LogP contribution in [0, 0.1) is 0 Å². The zero-order chi connectivity index (χ0) is 48.0. The van der Waals surface area contributed by atoms with Gasteiger partial charge in [0.1, 0.15) is 0 Å². The molecule has 0 N–H and O–H groups in total. The van der Waals surface area contributed by atoms with E-state index in [0.717, 1.165) is 34.1 Å². The van der Waals surface area contributed by atoms with Gasteiger partial charge in [0.25, 0.3) is 0 Å². The molecule has 1 unspecified atom stereocenters. The van der Waals surface area contributed by atoms with Crippen molar-refractivity contribution in [1.82, 2.24) is 0 Å². The van der Waals surface area contributed by atoms with E-state index in [9.17, 15) is 0 Å². The van der Waals surface area contributed by atoms with Crippen molar-refractivity contribution in [2.45, 2.75) is 24.7 Å². The van der Waals surface area contributed by atoms with Crippen LogP contribution in [0.25, 0.3) is 55.6 Å². The summed E-state index contributed by atoms with van der Waals surface area (Å²) < 4.78 is 0. The van der Waals surface area contributed by atoms with Gasteiger partial charge in [-0.2, -0.15) is 0 Å². The predicted octanol–water partition coefficient (Wildman–Crippen LogP) is 18.6. The molecule has 0 saturated carbocycles. The molecule has 0 radical (unpaired) electrons. The van der Waals surface area contributed by atoms with E-state index in [1.165, 1.54) is 89.0 Å². The minimum absolute atomic E-state index is 0.166. The van der Waals surface area contributed by atoms with Gasteiger partial charge in [0.2, 0.25) is 0 Å². The van der Waals surface area contributed by atoms with E-state index in [1.807, 2.05) is 0 Å². The second-order valence-electron chi connectivity index (χ2n) is 20.0. The lowest BCUT2D eigenvalue weighted by Crippen LogP contribution is -2.26. The Morgan fingerprint density at radius 2 is 0.653 bits per heavy atom. The zero-order valence-corrected chi connectivity index (χ0v) is 40.3. The van der Waals surface area contributed by atoms with Gasteiger partial charge in [-0.25, -0.2) is 0 Å². The highest BCUT2D eigenvalue weighted by molar-refractivity contribution is 6.02. The van der Waals surface area contributed by atoms with Crippen LogP contribution in [-0.2, 0) is 10.8 Å². The molecule has 72 heavy (non-hydrogen) atoms. The molecule has 0 amide bonds. The van der Waals surface area contributed by atoms with Gasteiger partial charge < -0.3 is 9.80 Å². The lowest BCUT2D eigenvalue weighted by Gasteiger charge is -2.33. The molecule has 0 fully saturated rings. The van der Waals surface area contributed by atoms with Crippen LogP contribution in [0.3, 0.4) is 0 Å². The summed E-state index contributed by atoms with van der Waals surface area (Å²) in [6.07, 6.45) is 0. The van der Waals surface area contributed by atoms with Gasteiger partial charge in [-0.15, -0.1) is 0 Å². The first kappa shape index (κ1) is 41.9. The molecule has 0 aromatic heterocycles. The van der Waals surface area contributed by atoms with Crippen LogP contribution in [-0.4, -0.2) is 0 Å². The Morgan fingerprint density at radius 1 is 0.250 bits per heavy atom. The average Bonchev–Trinajstić information content (AvgIpc) is 4.01. The third-order valence-electron chi connectivity index (χ3n) is 15.8. The van der Waals surface area contributed by atoms with Crippen molar-refractivity contribution in [1.29, 1.82) is 0 Å². The molecule has 2 nitrogen and oxygen atoms in total. The van der Waals surface area contributed by atoms with Crippen LogP contribution >= 0.6 is 0 Å². The van der Waals surface area contributed by atoms with E-state index in [1.54, 1.807) is 0 Å². The fraction of sp³-hybridized carbons (Fsp3) is 0.0571. The Bertz CT molecular complexity index is 3910. The number of hydrogen-bond acceptors (Lipinski definition) is 2. The van der Waals surface area contributed by atoms with Crippen molar-refractivity contribution in [3.8, 4) is 55.6 Å². The maximum absolute atomic E-state index is 2.54. The average molecular weight is 919 g/mol. The minimum atomic E-state index is -0.600. The fourth-order valence-electron chi connectivity index (χ4n) is 12.7. The van der Waals surface area contributed by atoms with Crippen molar-refractivity contribution < 1.29 is 0 Å². The van der Waals surface area contributed by atoms with Crippen molar-refractivity contribution in [3.05, 3.63) is 300 Å². The predicted molar refractivity (Wildman–Crippen MR) is 301 cm³/mol. The third-order valence-corrected chi connectivity index (χ3v) is 15.8. The molecule has 0 bridgehead atoms. The summed E-state index contributed by atoms with van der Waals surface area (Å²) in [6.45, 7) is 4.76. The maximum atomic E-state index is 2.54. The molecule has 11 aromatic rings. The largest absolute Gasteiger partial charge is 0.310 e. The van der Waals surface area contributed by atoms with Crippen LogP contribution in [0.5, 0.6) is 0 Å². The second kappa shape index (κ2) is 16.3. The zero-order valence-electron chi connectivity index (χ0n) is 40.3. The fourth-order valence-corrected chi connectivity index (χ4v) is 12.7. The summed E-state index contributed by atoms with van der Waals surface area (Å²) in [6, 6.07) is 99.1. The number of hydrogen-bond donors (Lipinski definition) is 0. The molecular formula is C70H50N2. The molecule has 0 heterocycles. The maximum Gasteiger partial charge on any atom is 0.0727 e. The van der Waals surface area contributed by atoms with Gasteiger partial charge in [-0.05, 0) is 150 Å². The number of anilines is 6. The molecule has 3 aliphatic rings. The molecule has 11 aromatic carbocycles. The van der Waals surface area contributed by atoms with Crippen LogP contribution < -0.4 is 9.80 Å². The summed E-state index contributed by atoms with van der Waals surface area (Å²) in [4.78, 5) is 4.96. The lowest BCUT2D eigenvalue weighted by atomic mass is 9.70. The molecule has 1 spiro atoms. The number of para-hydroxylation sites is 1. The second-order valence-corrected chi connectivity index (χ2v) is 20.0.